The molecule has 0 aliphatic heterocycles. The van der Waals surface area contributed by atoms with E-state index in [1.165, 1.54) is 141 Å². The van der Waals surface area contributed by atoms with Gasteiger partial charge in [-0.1, -0.05) is 214 Å². The number of carbonyl (C=O) groups excluding carboxylic acids is 3. The Morgan fingerprint density at radius 1 is 0.377 bits per heavy atom. The summed E-state index contributed by atoms with van der Waals surface area (Å²) in [5.41, 5.74) is 0. The maximum absolute atomic E-state index is 12.6. The number of esters is 3. The second kappa shape index (κ2) is 40.1. The van der Waals surface area contributed by atoms with Gasteiger partial charge in [-0.25, -0.2) is 0 Å². The van der Waals surface area contributed by atoms with Crippen LogP contribution in [0.25, 0.3) is 0 Å². The molecule has 0 heterocycles. The van der Waals surface area contributed by atoms with Crippen molar-refractivity contribution >= 4 is 17.9 Å². The largest absolute Gasteiger partial charge is 0.462 e. The van der Waals surface area contributed by atoms with Crippen LogP contribution in [-0.4, -0.2) is 37.2 Å². The van der Waals surface area contributed by atoms with Crippen molar-refractivity contribution < 1.29 is 28.6 Å². The molecule has 0 saturated carbocycles. The minimum absolute atomic E-state index is 0.0657. The average Bonchev–Trinajstić information content (AvgIpc) is 3.15. The number of hydrogen-bond acceptors (Lipinski definition) is 6. The minimum atomic E-state index is -0.759. The van der Waals surface area contributed by atoms with Gasteiger partial charge in [-0.05, 0) is 31.1 Å². The molecule has 0 aliphatic rings. The summed E-state index contributed by atoms with van der Waals surface area (Å²) in [6.07, 6.45) is 38.1. The molecular weight excluding hydrogens is 661 g/mol. The van der Waals surface area contributed by atoms with Crippen LogP contribution in [0.4, 0.5) is 0 Å². The van der Waals surface area contributed by atoms with E-state index in [1.807, 2.05) is 0 Å². The molecule has 0 aromatic heterocycles. The highest BCUT2D eigenvalue weighted by Gasteiger charge is 2.19. The van der Waals surface area contributed by atoms with Crippen LogP contribution in [0.3, 0.4) is 0 Å². The van der Waals surface area contributed by atoms with Gasteiger partial charge in [-0.3, -0.25) is 14.4 Å². The van der Waals surface area contributed by atoms with Gasteiger partial charge in [0, 0.05) is 19.3 Å². The van der Waals surface area contributed by atoms with Crippen molar-refractivity contribution in [2.75, 3.05) is 13.2 Å². The van der Waals surface area contributed by atoms with E-state index in [0.717, 1.165) is 69.6 Å². The zero-order valence-corrected chi connectivity index (χ0v) is 36.1. The number of hydrogen-bond donors (Lipinski definition) is 0. The molecule has 0 N–H and O–H groups in total. The first kappa shape index (κ1) is 51.4. The lowest BCUT2D eigenvalue weighted by atomic mass is 9.99. The highest BCUT2D eigenvalue weighted by atomic mass is 16.6. The van der Waals surface area contributed by atoms with E-state index in [-0.39, 0.29) is 31.1 Å². The third kappa shape index (κ3) is 38.5. The molecule has 0 saturated heterocycles. The molecule has 2 unspecified atom stereocenters. The van der Waals surface area contributed by atoms with E-state index in [1.54, 1.807) is 0 Å². The molecule has 53 heavy (non-hydrogen) atoms. The minimum Gasteiger partial charge on any atom is -0.462 e. The predicted octanol–water partition coefficient (Wildman–Crippen LogP) is 14.6. The molecule has 0 bridgehead atoms. The van der Waals surface area contributed by atoms with Crippen molar-refractivity contribution in [3.8, 4) is 0 Å². The van der Waals surface area contributed by atoms with Gasteiger partial charge in [0.2, 0.25) is 0 Å². The quantitative estimate of drug-likeness (QED) is 0.0352. The summed E-state index contributed by atoms with van der Waals surface area (Å²) in [6, 6.07) is 0. The Bertz CT molecular complexity index is 813. The van der Waals surface area contributed by atoms with Gasteiger partial charge in [0.1, 0.15) is 13.2 Å². The van der Waals surface area contributed by atoms with Crippen LogP contribution in [0.2, 0.25) is 0 Å². The molecule has 0 spiro atoms. The van der Waals surface area contributed by atoms with Crippen LogP contribution < -0.4 is 0 Å². The molecule has 6 heteroatoms. The number of rotatable bonds is 41. The van der Waals surface area contributed by atoms with Gasteiger partial charge >= 0.3 is 17.9 Å². The van der Waals surface area contributed by atoms with E-state index < -0.39 is 6.10 Å². The molecular formula is C47H90O6. The summed E-state index contributed by atoms with van der Waals surface area (Å²) >= 11 is 0. The highest BCUT2D eigenvalue weighted by molar-refractivity contribution is 5.71. The van der Waals surface area contributed by atoms with Crippen molar-refractivity contribution in [1.29, 1.82) is 0 Å². The Kier molecular flexibility index (Phi) is 38.9. The molecule has 6 nitrogen and oxygen atoms in total. The highest BCUT2D eigenvalue weighted by Crippen LogP contribution is 2.17. The Labute approximate surface area is 329 Å². The third-order valence-corrected chi connectivity index (χ3v) is 11.2. The van der Waals surface area contributed by atoms with Gasteiger partial charge in [-0.2, -0.15) is 0 Å². The summed E-state index contributed by atoms with van der Waals surface area (Å²) in [5.74, 6) is 0.845. The lowest BCUT2D eigenvalue weighted by Gasteiger charge is -2.18. The van der Waals surface area contributed by atoms with Crippen molar-refractivity contribution in [1.82, 2.24) is 0 Å². The number of unbranched alkanes of at least 4 members (excludes halogenated alkanes) is 24. The summed E-state index contributed by atoms with van der Waals surface area (Å²) in [7, 11) is 0. The van der Waals surface area contributed by atoms with Gasteiger partial charge in [0.05, 0.1) is 0 Å². The normalized spacial score (nSPS) is 13.1. The second-order valence-electron chi connectivity index (χ2n) is 16.5. The summed E-state index contributed by atoms with van der Waals surface area (Å²) < 4.78 is 16.7. The third-order valence-electron chi connectivity index (χ3n) is 11.2. The van der Waals surface area contributed by atoms with E-state index in [9.17, 15) is 14.4 Å². The lowest BCUT2D eigenvalue weighted by Crippen LogP contribution is -2.30. The molecule has 314 valence electrons. The van der Waals surface area contributed by atoms with E-state index in [0.29, 0.717) is 19.3 Å². The first-order chi connectivity index (χ1) is 25.8. The fourth-order valence-corrected chi connectivity index (χ4v) is 6.86. The van der Waals surface area contributed by atoms with Gasteiger partial charge in [0.25, 0.3) is 0 Å². The smallest absolute Gasteiger partial charge is 0.306 e. The van der Waals surface area contributed by atoms with E-state index in [2.05, 4.69) is 34.6 Å². The fourth-order valence-electron chi connectivity index (χ4n) is 6.86. The van der Waals surface area contributed by atoms with Gasteiger partial charge in [-0.15, -0.1) is 0 Å². The van der Waals surface area contributed by atoms with E-state index in [4.69, 9.17) is 14.2 Å². The van der Waals surface area contributed by atoms with Crippen LogP contribution in [-0.2, 0) is 28.6 Å². The second-order valence-corrected chi connectivity index (χ2v) is 16.5. The Hall–Kier alpha value is -1.59. The van der Waals surface area contributed by atoms with Crippen LogP contribution in [0.1, 0.15) is 253 Å². The molecule has 0 aromatic rings. The first-order valence-electron chi connectivity index (χ1n) is 23.3. The van der Waals surface area contributed by atoms with Gasteiger partial charge in [0.15, 0.2) is 6.10 Å². The van der Waals surface area contributed by atoms with Crippen LogP contribution >= 0.6 is 0 Å². The first-order valence-corrected chi connectivity index (χ1v) is 23.3. The predicted molar refractivity (Wildman–Crippen MR) is 224 cm³/mol. The maximum atomic E-state index is 12.6. The monoisotopic (exact) mass is 751 g/mol. The van der Waals surface area contributed by atoms with Gasteiger partial charge < -0.3 is 14.2 Å². The SMILES string of the molecule is CCCCCCCCCC(=O)O[C@H](COC(=O)CCCCCCCCCCCCCCCCC(C)CC)COC(=O)CCCCCCCCC(C)CC. The zero-order chi connectivity index (χ0) is 39.0. The Balaban J connectivity index is 4.18. The molecule has 0 rings (SSSR count). The van der Waals surface area contributed by atoms with Crippen molar-refractivity contribution in [2.45, 2.75) is 259 Å². The zero-order valence-electron chi connectivity index (χ0n) is 36.1. The number of carbonyl (C=O) groups is 3. The molecule has 0 radical (unpaired) electrons. The van der Waals surface area contributed by atoms with Crippen LogP contribution in [0.5, 0.6) is 0 Å². The fraction of sp³-hybridized carbons (Fsp3) is 0.936. The molecule has 3 atom stereocenters. The lowest BCUT2D eigenvalue weighted by molar-refractivity contribution is -0.167. The van der Waals surface area contributed by atoms with Crippen LogP contribution in [0, 0.1) is 11.8 Å². The Morgan fingerprint density at radius 2 is 0.660 bits per heavy atom. The summed E-state index contributed by atoms with van der Waals surface area (Å²) in [4.78, 5) is 37.6. The topological polar surface area (TPSA) is 78.9 Å². The standard InChI is InChI=1S/C47H90O6/c1-6-9-10-11-20-29-34-39-47(50)53-44(41-52-46(49)38-33-28-24-23-26-31-36-43(5)8-3)40-51-45(48)37-32-27-22-19-17-15-13-12-14-16-18-21-25-30-35-42(4)7-2/h42-44H,6-41H2,1-5H3/t42?,43?,44-/m1/s1. The van der Waals surface area contributed by atoms with Crippen molar-refractivity contribution in [2.24, 2.45) is 11.8 Å². The Morgan fingerprint density at radius 3 is 0.981 bits per heavy atom. The number of ether oxygens (including phenoxy) is 3. The summed E-state index contributed by atoms with van der Waals surface area (Å²) in [6.45, 7) is 11.3. The molecule has 0 aliphatic carbocycles. The van der Waals surface area contributed by atoms with Crippen molar-refractivity contribution in [3.05, 3.63) is 0 Å². The van der Waals surface area contributed by atoms with E-state index >= 15 is 0 Å². The molecule has 0 amide bonds. The average molecular weight is 751 g/mol. The van der Waals surface area contributed by atoms with Crippen molar-refractivity contribution in [3.63, 3.8) is 0 Å². The molecule has 0 aromatic carbocycles. The maximum Gasteiger partial charge on any atom is 0.306 e. The molecule has 0 fully saturated rings. The summed E-state index contributed by atoms with van der Waals surface area (Å²) in [5, 5.41) is 0. The van der Waals surface area contributed by atoms with Crippen LogP contribution in [0.15, 0.2) is 0 Å².